The summed E-state index contributed by atoms with van der Waals surface area (Å²) in [5.74, 6) is -0.868. The summed E-state index contributed by atoms with van der Waals surface area (Å²) in [6.07, 6.45) is 3.16. The molecule has 66 valence electrons. The maximum atomic E-state index is 10.4. The predicted molar refractivity (Wildman–Crippen MR) is 41.0 cm³/mol. The van der Waals surface area contributed by atoms with Crippen LogP contribution in [0, 0.1) is 0 Å². The van der Waals surface area contributed by atoms with E-state index in [4.69, 9.17) is 5.11 Å². The molecule has 2 heterocycles. The molecule has 0 aliphatic heterocycles. The first-order chi connectivity index (χ1) is 6.27. The van der Waals surface area contributed by atoms with Gasteiger partial charge in [-0.1, -0.05) is 5.16 Å². The molecule has 6 heteroatoms. The van der Waals surface area contributed by atoms with Gasteiger partial charge in [0.2, 0.25) is 5.76 Å². The van der Waals surface area contributed by atoms with Gasteiger partial charge in [-0.3, -0.25) is 0 Å². The van der Waals surface area contributed by atoms with E-state index in [0.717, 1.165) is 0 Å². The van der Waals surface area contributed by atoms with E-state index in [-0.39, 0.29) is 5.76 Å². The summed E-state index contributed by atoms with van der Waals surface area (Å²) in [6, 6.07) is 1.31. The molecule has 2 N–H and O–H groups in total. The minimum atomic E-state index is -1.15. The van der Waals surface area contributed by atoms with Crippen LogP contribution in [0.4, 0.5) is 0 Å². The molecule has 0 bridgehead atoms. The maximum absolute atomic E-state index is 10.4. The molecule has 2 aromatic rings. The fraction of sp³-hybridized carbons (Fsp3) is 0. The van der Waals surface area contributed by atoms with Crippen LogP contribution in [0.2, 0.25) is 0 Å². The monoisotopic (exact) mass is 179 g/mol. The fourth-order valence-electron chi connectivity index (χ4n) is 0.893. The number of hydrogen-bond donors (Lipinski definition) is 2. The maximum Gasteiger partial charge on any atom is 0.374 e. The molecule has 0 aliphatic carbocycles. The van der Waals surface area contributed by atoms with Crippen molar-refractivity contribution in [3.8, 4) is 11.5 Å². The highest BCUT2D eigenvalue weighted by Gasteiger charge is 2.12. The molecule has 0 aromatic carbocycles. The first-order valence-electron chi connectivity index (χ1n) is 3.47. The van der Waals surface area contributed by atoms with Crippen molar-refractivity contribution < 1.29 is 14.4 Å². The molecule has 0 aliphatic rings. The lowest BCUT2D eigenvalue weighted by Crippen LogP contribution is -1.91. The summed E-state index contributed by atoms with van der Waals surface area (Å²) >= 11 is 0. The number of aromatic amines is 1. The number of aromatic carboxylic acids is 1. The third-order valence-corrected chi connectivity index (χ3v) is 1.46. The average Bonchev–Trinajstić information content (AvgIpc) is 2.75. The standard InChI is InChI=1S/C7H5N3O3/c11-7(12)5-3-4(10-13-5)6-8-1-2-9-6/h1-3H,(H,8,9)(H,11,12). The van der Waals surface area contributed by atoms with Gasteiger partial charge in [0.25, 0.3) is 0 Å². The zero-order valence-corrected chi connectivity index (χ0v) is 6.39. The number of imidazole rings is 1. The van der Waals surface area contributed by atoms with E-state index < -0.39 is 5.97 Å². The molecule has 6 nitrogen and oxygen atoms in total. The molecule has 0 spiro atoms. The Kier molecular flexibility index (Phi) is 1.59. The summed E-state index contributed by atoms with van der Waals surface area (Å²) in [7, 11) is 0. The Balaban J connectivity index is 2.39. The second-order valence-corrected chi connectivity index (χ2v) is 2.32. The van der Waals surface area contributed by atoms with Crippen molar-refractivity contribution in [1.82, 2.24) is 15.1 Å². The van der Waals surface area contributed by atoms with Gasteiger partial charge >= 0.3 is 5.97 Å². The molecule has 0 saturated carbocycles. The number of nitrogens with one attached hydrogen (secondary N) is 1. The van der Waals surface area contributed by atoms with Gasteiger partial charge < -0.3 is 14.6 Å². The molecule has 2 aromatic heterocycles. The van der Waals surface area contributed by atoms with Gasteiger partial charge in [-0.15, -0.1) is 0 Å². The van der Waals surface area contributed by atoms with E-state index in [0.29, 0.717) is 11.5 Å². The third kappa shape index (κ3) is 1.28. The van der Waals surface area contributed by atoms with Crippen molar-refractivity contribution in [3.63, 3.8) is 0 Å². The third-order valence-electron chi connectivity index (χ3n) is 1.46. The predicted octanol–water partition coefficient (Wildman–Crippen LogP) is 0.763. The molecule has 0 radical (unpaired) electrons. The second-order valence-electron chi connectivity index (χ2n) is 2.32. The lowest BCUT2D eigenvalue weighted by molar-refractivity contribution is 0.0652. The smallest absolute Gasteiger partial charge is 0.374 e. The van der Waals surface area contributed by atoms with E-state index >= 15 is 0 Å². The van der Waals surface area contributed by atoms with E-state index in [1.807, 2.05) is 0 Å². The van der Waals surface area contributed by atoms with Crippen molar-refractivity contribution in [1.29, 1.82) is 0 Å². The normalized spacial score (nSPS) is 10.2. The van der Waals surface area contributed by atoms with Crippen LogP contribution in [0.5, 0.6) is 0 Å². The van der Waals surface area contributed by atoms with Gasteiger partial charge in [-0.05, 0) is 0 Å². The van der Waals surface area contributed by atoms with Crippen molar-refractivity contribution in [2.45, 2.75) is 0 Å². The largest absolute Gasteiger partial charge is 0.475 e. The quantitative estimate of drug-likeness (QED) is 0.710. The molecule has 13 heavy (non-hydrogen) atoms. The molecule has 0 fully saturated rings. The van der Waals surface area contributed by atoms with Crippen LogP contribution >= 0.6 is 0 Å². The highest BCUT2D eigenvalue weighted by Crippen LogP contribution is 2.13. The second kappa shape index (κ2) is 2.74. The first-order valence-corrected chi connectivity index (χ1v) is 3.47. The summed E-state index contributed by atoms with van der Waals surface area (Å²) in [5.41, 5.74) is 0.377. The van der Waals surface area contributed by atoms with E-state index in [1.54, 1.807) is 12.4 Å². The Morgan fingerprint density at radius 1 is 1.62 bits per heavy atom. The molecular formula is C7H5N3O3. The molecule has 0 saturated heterocycles. The van der Waals surface area contributed by atoms with E-state index in [9.17, 15) is 4.79 Å². The van der Waals surface area contributed by atoms with E-state index in [2.05, 4.69) is 19.6 Å². The van der Waals surface area contributed by atoms with Crippen LogP contribution in [-0.4, -0.2) is 26.2 Å². The van der Waals surface area contributed by atoms with Gasteiger partial charge in [0, 0.05) is 18.5 Å². The Morgan fingerprint density at radius 2 is 2.46 bits per heavy atom. The molecule has 0 amide bonds. The first kappa shape index (κ1) is 7.53. The summed E-state index contributed by atoms with van der Waals surface area (Å²) < 4.78 is 4.54. The van der Waals surface area contributed by atoms with Crippen LogP contribution in [0.3, 0.4) is 0 Å². The van der Waals surface area contributed by atoms with Crippen molar-refractivity contribution >= 4 is 5.97 Å². The highest BCUT2D eigenvalue weighted by atomic mass is 16.5. The number of nitrogens with zero attached hydrogens (tertiary/aromatic N) is 2. The highest BCUT2D eigenvalue weighted by molar-refractivity contribution is 5.85. The van der Waals surface area contributed by atoms with Gasteiger partial charge in [-0.2, -0.15) is 0 Å². The Hall–Kier alpha value is -2.11. The van der Waals surface area contributed by atoms with Crippen molar-refractivity contribution in [2.75, 3.05) is 0 Å². The summed E-state index contributed by atoms with van der Waals surface area (Å²) in [6.45, 7) is 0. The van der Waals surface area contributed by atoms with E-state index in [1.165, 1.54) is 6.07 Å². The Morgan fingerprint density at radius 3 is 3.00 bits per heavy atom. The number of carboxylic acids is 1. The van der Waals surface area contributed by atoms with Gasteiger partial charge in [0.15, 0.2) is 5.82 Å². The average molecular weight is 179 g/mol. The number of hydrogen-bond acceptors (Lipinski definition) is 4. The SMILES string of the molecule is O=C(O)c1cc(-c2ncc[nH]2)no1. The lowest BCUT2D eigenvalue weighted by Gasteiger charge is -1.82. The van der Waals surface area contributed by atoms with Crippen molar-refractivity contribution in [2.24, 2.45) is 0 Å². The van der Waals surface area contributed by atoms with Gasteiger partial charge in [0.1, 0.15) is 5.69 Å². The van der Waals surface area contributed by atoms with Crippen LogP contribution < -0.4 is 0 Å². The topological polar surface area (TPSA) is 92.0 Å². The van der Waals surface area contributed by atoms with Crippen LogP contribution in [0.25, 0.3) is 11.5 Å². The summed E-state index contributed by atoms with van der Waals surface area (Å²) in [4.78, 5) is 17.1. The summed E-state index contributed by atoms with van der Waals surface area (Å²) in [5, 5.41) is 12.1. The number of carbonyl (C=O) groups is 1. The van der Waals surface area contributed by atoms with Gasteiger partial charge in [0.05, 0.1) is 0 Å². The fourth-order valence-corrected chi connectivity index (χ4v) is 0.893. The molecule has 0 unspecified atom stereocenters. The van der Waals surface area contributed by atoms with Crippen LogP contribution in [-0.2, 0) is 0 Å². The van der Waals surface area contributed by atoms with Crippen molar-refractivity contribution in [3.05, 3.63) is 24.2 Å². The number of H-pyrrole nitrogens is 1. The Labute approximate surface area is 72.2 Å². The number of carboxylic acid groups (broad SMARTS) is 1. The Bertz CT molecular complexity index is 418. The number of aromatic nitrogens is 3. The minimum Gasteiger partial charge on any atom is -0.475 e. The molecular weight excluding hydrogens is 174 g/mol. The lowest BCUT2D eigenvalue weighted by atomic mass is 10.3. The zero-order valence-electron chi connectivity index (χ0n) is 6.39. The molecule has 2 rings (SSSR count). The van der Waals surface area contributed by atoms with Crippen LogP contribution in [0.1, 0.15) is 10.6 Å². The van der Waals surface area contributed by atoms with Crippen LogP contribution in [0.15, 0.2) is 23.0 Å². The van der Waals surface area contributed by atoms with Gasteiger partial charge in [-0.25, -0.2) is 9.78 Å². The number of rotatable bonds is 2. The molecule has 0 atom stereocenters. The zero-order chi connectivity index (χ0) is 9.26. The minimum absolute atomic E-state index is 0.202.